The van der Waals surface area contributed by atoms with Crippen LogP contribution in [0.2, 0.25) is 0 Å². The van der Waals surface area contributed by atoms with E-state index >= 15 is 0 Å². The molecule has 2 aromatic carbocycles. The fourth-order valence-corrected chi connectivity index (χ4v) is 1.26. The Labute approximate surface area is 89.4 Å². The molecular formula is C12H10Cr+2. The van der Waals surface area contributed by atoms with Crippen LogP contribution in [0.5, 0.6) is 0 Å². The molecule has 0 aliphatic rings. The fourth-order valence-electron chi connectivity index (χ4n) is 1.26. The monoisotopic (exact) mass is 206 g/mol. The van der Waals surface area contributed by atoms with Crippen LogP contribution in [-0.2, 0) is 17.4 Å². The maximum atomic E-state index is 2.12. The van der Waals surface area contributed by atoms with E-state index in [1.54, 1.807) is 0 Å². The Bertz CT molecular complexity index is 303. The van der Waals surface area contributed by atoms with Gasteiger partial charge in [0.25, 0.3) is 0 Å². The molecule has 0 bridgehead atoms. The average molecular weight is 206 g/mol. The summed E-state index contributed by atoms with van der Waals surface area (Å²) in [6.07, 6.45) is 0. The molecule has 0 atom stereocenters. The molecule has 62 valence electrons. The van der Waals surface area contributed by atoms with Gasteiger partial charge in [-0.15, -0.1) is 0 Å². The van der Waals surface area contributed by atoms with Crippen LogP contribution in [-0.4, -0.2) is 0 Å². The van der Waals surface area contributed by atoms with E-state index in [1.165, 1.54) is 11.1 Å². The molecule has 0 saturated heterocycles. The fraction of sp³-hybridized carbons (Fsp3) is 0. The molecule has 0 unspecified atom stereocenters. The summed E-state index contributed by atoms with van der Waals surface area (Å²) in [6, 6.07) is 20.8. The van der Waals surface area contributed by atoms with Crippen LogP contribution in [0.25, 0.3) is 11.1 Å². The molecule has 0 radical (unpaired) electrons. The first-order valence-corrected chi connectivity index (χ1v) is 4.07. The van der Waals surface area contributed by atoms with E-state index in [0.717, 1.165) is 0 Å². The standard InChI is InChI=1S/C12H10.Cr/c1-3-7-11(8-4-1)12-9-5-2-6-10-12;/h1-10H;/q;+2. The van der Waals surface area contributed by atoms with E-state index in [9.17, 15) is 0 Å². The Kier molecular flexibility index (Phi) is 3.77. The molecule has 2 rings (SSSR count). The van der Waals surface area contributed by atoms with Gasteiger partial charge in [0.05, 0.1) is 0 Å². The van der Waals surface area contributed by atoms with Crippen molar-refractivity contribution in [1.29, 1.82) is 0 Å². The number of rotatable bonds is 1. The Morgan fingerprint density at radius 3 is 1.08 bits per heavy atom. The van der Waals surface area contributed by atoms with Gasteiger partial charge in [0, 0.05) is 0 Å². The third-order valence-corrected chi connectivity index (χ3v) is 1.88. The maximum Gasteiger partial charge on any atom is 2.00 e. The van der Waals surface area contributed by atoms with Gasteiger partial charge >= 0.3 is 17.4 Å². The summed E-state index contributed by atoms with van der Waals surface area (Å²) in [4.78, 5) is 0. The summed E-state index contributed by atoms with van der Waals surface area (Å²) in [5, 5.41) is 0. The maximum absolute atomic E-state index is 2.12. The van der Waals surface area contributed by atoms with E-state index in [-0.39, 0.29) is 17.4 Å². The molecule has 13 heavy (non-hydrogen) atoms. The van der Waals surface area contributed by atoms with Crippen molar-refractivity contribution >= 4 is 0 Å². The molecule has 0 fully saturated rings. The summed E-state index contributed by atoms with van der Waals surface area (Å²) < 4.78 is 0. The second-order valence-corrected chi connectivity index (χ2v) is 2.73. The number of benzene rings is 2. The zero-order valence-corrected chi connectivity index (χ0v) is 8.46. The second-order valence-electron chi connectivity index (χ2n) is 2.73. The first-order chi connectivity index (χ1) is 5.97. The largest absolute Gasteiger partial charge is 2.00 e. The van der Waals surface area contributed by atoms with Gasteiger partial charge in [-0.25, -0.2) is 0 Å². The van der Waals surface area contributed by atoms with E-state index < -0.39 is 0 Å². The van der Waals surface area contributed by atoms with Crippen LogP contribution in [0.4, 0.5) is 0 Å². The predicted octanol–water partition coefficient (Wildman–Crippen LogP) is 3.35. The average Bonchev–Trinajstić information content (AvgIpc) is 2.21. The van der Waals surface area contributed by atoms with Gasteiger partial charge in [-0.05, 0) is 11.1 Å². The van der Waals surface area contributed by atoms with E-state index in [2.05, 4.69) is 48.5 Å². The van der Waals surface area contributed by atoms with Crippen LogP contribution < -0.4 is 0 Å². The predicted molar refractivity (Wildman–Crippen MR) is 51.9 cm³/mol. The van der Waals surface area contributed by atoms with Gasteiger partial charge in [-0.3, -0.25) is 0 Å². The van der Waals surface area contributed by atoms with Gasteiger partial charge in [0.1, 0.15) is 0 Å². The molecule has 0 aromatic heterocycles. The third kappa shape index (κ3) is 2.45. The molecule has 0 aliphatic carbocycles. The van der Waals surface area contributed by atoms with E-state index in [4.69, 9.17) is 0 Å². The Hall–Kier alpha value is -1.03. The van der Waals surface area contributed by atoms with Gasteiger partial charge < -0.3 is 0 Å². The molecule has 0 spiro atoms. The third-order valence-electron chi connectivity index (χ3n) is 1.88. The van der Waals surface area contributed by atoms with Crippen LogP contribution in [0.1, 0.15) is 0 Å². The summed E-state index contributed by atoms with van der Waals surface area (Å²) in [5.41, 5.74) is 2.55. The zero-order valence-electron chi connectivity index (χ0n) is 7.18. The van der Waals surface area contributed by atoms with Crippen LogP contribution in [0.15, 0.2) is 60.7 Å². The second kappa shape index (κ2) is 4.87. The molecular weight excluding hydrogens is 196 g/mol. The van der Waals surface area contributed by atoms with Crippen molar-refractivity contribution in [3.63, 3.8) is 0 Å². The topological polar surface area (TPSA) is 0 Å². The minimum absolute atomic E-state index is 0. The Balaban J connectivity index is 0.000000845. The van der Waals surface area contributed by atoms with Gasteiger partial charge in [0.2, 0.25) is 0 Å². The van der Waals surface area contributed by atoms with Gasteiger partial charge in [-0.2, -0.15) is 0 Å². The van der Waals surface area contributed by atoms with Gasteiger partial charge in [-0.1, -0.05) is 60.7 Å². The molecule has 2 aromatic rings. The smallest absolute Gasteiger partial charge is 0.0622 e. The molecule has 0 saturated carbocycles. The SMILES string of the molecule is [Cr+2].c1ccc(-c2ccccc2)cc1. The van der Waals surface area contributed by atoms with Gasteiger partial charge in [0.15, 0.2) is 0 Å². The van der Waals surface area contributed by atoms with Crippen LogP contribution in [0, 0.1) is 0 Å². The van der Waals surface area contributed by atoms with E-state index in [1.807, 2.05) is 12.1 Å². The molecule has 0 amide bonds. The summed E-state index contributed by atoms with van der Waals surface area (Å²) in [5.74, 6) is 0. The van der Waals surface area contributed by atoms with Crippen molar-refractivity contribution in [2.24, 2.45) is 0 Å². The molecule has 0 nitrogen and oxygen atoms in total. The molecule has 0 N–H and O–H groups in total. The first-order valence-electron chi connectivity index (χ1n) is 4.07. The van der Waals surface area contributed by atoms with Crippen molar-refractivity contribution in [2.75, 3.05) is 0 Å². The zero-order chi connectivity index (χ0) is 8.23. The Morgan fingerprint density at radius 2 is 0.769 bits per heavy atom. The minimum atomic E-state index is 0. The summed E-state index contributed by atoms with van der Waals surface area (Å²) in [6.45, 7) is 0. The molecule has 1 heteroatoms. The van der Waals surface area contributed by atoms with Crippen LogP contribution in [0.3, 0.4) is 0 Å². The van der Waals surface area contributed by atoms with Crippen molar-refractivity contribution in [3.8, 4) is 11.1 Å². The quantitative estimate of drug-likeness (QED) is 0.671. The van der Waals surface area contributed by atoms with Crippen molar-refractivity contribution in [1.82, 2.24) is 0 Å². The Morgan fingerprint density at radius 1 is 0.462 bits per heavy atom. The van der Waals surface area contributed by atoms with Crippen molar-refractivity contribution < 1.29 is 17.4 Å². The summed E-state index contributed by atoms with van der Waals surface area (Å²) >= 11 is 0. The first kappa shape index (κ1) is 10.1. The molecule has 0 aliphatic heterocycles. The number of hydrogen-bond acceptors (Lipinski definition) is 0. The van der Waals surface area contributed by atoms with Crippen molar-refractivity contribution in [3.05, 3.63) is 60.7 Å². The number of hydrogen-bond donors (Lipinski definition) is 0. The normalized spacial score (nSPS) is 8.92. The minimum Gasteiger partial charge on any atom is -0.0622 e. The van der Waals surface area contributed by atoms with E-state index in [0.29, 0.717) is 0 Å². The summed E-state index contributed by atoms with van der Waals surface area (Å²) in [7, 11) is 0. The van der Waals surface area contributed by atoms with Crippen molar-refractivity contribution in [2.45, 2.75) is 0 Å². The van der Waals surface area contributed by atoms with Crippen LogP contribution >= 0.6 is 0 Å². The molecule has 0 heterocycles.